The Hall–Kier alpha value is -9.00. The number of nitrogens with zero attached hydrogens (tertiary/aromatic N) is 4. The second-order valence-electron chi connectivity index (χ2n) is 20.8. The highest BCUT2D eigenvalue weighted by atomic mass is 16.4. The molecule has 0 radical (unpaired) electrons. The average molecular weight is 1250 g/mol. The number of carbonyl (C=O) groups is 14. The fourth-order valence-electron chi connectivity index (χ4n) is 9.49. The molecule has 494 valence electrons. The van der Waals surface area contributed by atoms with Crippen molar-refractivity contribution in [1.29, 1.82) is 0 Å². The van der Waals surface area contributed by atoms with Gasteiger partial charge in [0.25, 0.3) is 0 Å². The van der Waals surface area contributed by atoms with Gasteiger partial charge < -0.3 is 113 Å². The van der Waals surface area contributed by atoms with Crippen molar-refractivity contribution < 1.29 is 87.5 Å². The zero-order chi connectivity index (χ0) is 66.0. The number of aliphatic carboxylic acids is 4. The third-order valence-corrected chi connectivity index (χ3v) is 13.9. The maximum atomic E-state index is 14.3. The molecule has 2 heterocycles. The molecule has 9 unspecified atom stereocenters. The molecule has 2 aliphatic heterocycles. The van der Waals surface area contributed by atoms with Crippen LogP contribution in [0.15, 0.2) is 9.98 Å². The first kappa shape index (κ1) is 75.1. The maximum absolute atomic E-state index is 14.3. The molecule has 2 fully saturated rings. The lowest BCUT2D eigenvalue weighted by atomic mass is 10.0. The monoisotopic (exact) mass is 1250 g/mol. The molecule has 88 heavy (non-hydrogen) atoms. The van der Waals surface area contributed by atoms with Gasteiger partial charge in [0.2, 0.25) is 59.1 Å². The van der Waals surface area contributed by atoms with Gasteiger partial charge in [-0.2, -0.15) is 0 Å². The molecule has 9 atom stereocenters. The molecular weight excluding hydrogens is 1170 g/mol. The predicted molar refractivity (Wildman–Crippen MR) is 310 cm³/mol. The first-order valence-electron chi connectivity index (χ1n) is 28.7. The van der Waals surface area contributed by atoms with E-state index in [0.29, 0.717) is 19.3 Å². The molecule has 2 saturated heterocycles. The summed E-state index contributed by atoms with van der Waals surface area (Å²) in [5, 5.41) is 57.6. The van der Waals surface area contributed by atoms with Gasteiger partial charge in [0.15, 0.2) is 11.9 Å². The number of nitrogens with one attached hydrogen (secondary N) is 8. The van der Waals surface area contributed by atoms with Gasteiger partial charge in [0.05, 0.1) is 25.9 Å². The number of nitrogens with two attached hydrogens (primary N) is 7. The summed E-state index contributed by atoms with van der Waals surface area (Å²) in [6.07, 6.45) is -1.46. The highest BCUT2D eigenvalue weighted by Crippen LogP contribution is 2.23. The lowest BCUT2D eigenvalue weighted by molar-refractivity contribution is -0.145. The van der Waals surface area contributed by atoms with Crippen molar-refractivity contribution in [3.63, 3.8) is 0 Å². The topological polar surface area (TPSA) is 629 Å². The highest BCUT2D eigenvalue weighted by Gasteiger charge is 2.42. The number of likely N-dealkylation sites (tertiary alicyclic amines) is 2. The van der Waals surface area contributed by atoms with Crippen LogP contribution >= 0.6 is 0 Å². The van der Waals surface area contributed by atoms with Crippen molar-refractivity contribution >= 4 is 94.9 Å². The van der Waals surface area contributed by atoms with Gasteiger partial charge in [-0.25, -0.2) is 4.79 Å². The fourth-order valence-corrected chi connectivity index (χ4v) is 9.49. The van der Waals surface area contributed by atoms with E-state index in [0.717, 1.165) is 9.80 Å². The summed E-state index contributed by atoms with van der Waals surface area (Å²) in [5.41, 5.74) is 38.2. The minimum absolute atomic E-state index is 0.00294. The number of carboxylic acids is 4. The molecule has 0 bridgehead atoms. The molecular formula is C51H87N19O18. The number of rotatable bonds is 42. The fraction of sp³-hybridized carbons (Fsp3) is 0.686. The summed E-state index contributed by atoms with van der Waals surface area (Å²) in [7, 11) is 0. The van der Waals surface area contributed by atoms with Gasteiger partial charge in [-0.05, 0) is 109 Å². The summed E-state index contributed by atoms with van der Waals surface area (Å²) in [5.74, 6) is -15.9. The first-order chi connectivity index (χ1) is 41.6. The Bertz CT molecular complexity index is 2510. The smallest absolute Gasteiger partial charge is 0.326 e. The van der Waals surface area contributed by atoms with Crippen LogP contribution in [0.4, 0.5) is 0 Å². The van der Waals surface area contributed by atoms with E-state index in [1.54, 1.807) is 0 Å². The Morgan fingerprint density at radius 1 is 0.443 bits per heavy atom. The van der Waals surface area contributed by atoms with Crippen molar-refractivity contribution in [2.75, 3.05) is 52.4 Å². The first-order valence-corrected chi connectivity index (χ1v) is 28.7. The molecule has 0 aromatic heterocycles. The standard InChI is InChI=1S/C51H87N19O18/c52-17-3-1-9-27(65-45(83)34-13-7-22-70(34)48(86)30(15-16-38(73)74)67-42(80)28(10-2-4-18-53)64-43(81)32(23-39(75)76)62-36(71)25-54)41(79)61-26-37(72)63-33(24-40(77)78)44(82)66-29(11-5-19-59-50(55)56)47(85)69-21-8-14-35(69)46(84)68-31(49(87)88)12-6-20-60-51(57)58/h27-35H,1-26,52-54H2,(H,61,79)(H,62,71)(H,63,72)(H,64,81)(H,65,83)(H,66,82)(H,67,80)(H,68,84)(H,73,74)(H,75,76)(H,77,78)(H,87,88)(H4,55,56,59)(H4,57,58,60). The third kappa shape index (κ3) is 27.6. The molecule has 0 aliphatic carbocycles. The van der Waals surface area contributed by atoms with Gasteiger partial charge in [-0.15, -0.1) is 0 Å². The average Bonchev–Trinajstić information content (AvgIpc) is 1.93. The number of carboxylic acid groups (broad SMARTS) is 4. The zero-order valence-corrected chi connectivity index (χ0v) is 48.9. The van der Waals surface area contributed by atoms with Crippen LogP contribution in [-0.2, 0) is 67.1 Å². The van der Waals surface area contributed by atoms with Crippen molar-refractivity contribution in [3.05, 3.63) is 0 Å². The Morgan fingerprint density at radius 2 is 0.841 bits per heavy atom. The molecule has 0 aromatic carbocycles. The molecule has 0 saturated carbocycles. The Kier molecular flexibility index (Phi) is 33.8. The SMILES string of the molecule is NCCCCC(NC(=O)C(CC(=O)O)NC(=O)CN)C(=O)NC(CCC(=O)O)C(=O)N1CCCC1C(=O)NC(CCCCN)C(=O)NCC(=O)NC(CC(=O)O)C(=O)NC(CCCN=C(N)N)C(=O)N1CCCC1C(=O)NC(CCCN=C(N)N)C(=O)O. The van der Waals surface area contributed by atoms with E-state index in [1.807, 2.05) is 0 Å². The second-order valence-corrected chi connectivity index (χ2v) is 20.8. The Balaban J connectivity index is 2.33. The van der Waals surface area contributed by atoms with Gasteiger partial charge in [0, 0.05) is 32.6 Å². The minimum Gasteiger partial charge on any atom is -0.481 e. The molecule has 37 heteroatoms. The molecule has 2 rings (SSSR count). The van der Waals surface area contributed by atoms with Crippen LogP contribution in [0.3, 0.4) is 0 Å². The van der Waals surface area contributed by atoms with Crippen LogP contribution in [0.25, 0.3) is 0 Å². The van der Waals surface area contributed by atoms with Crippen molar-refractivity contribution in [3.8, 4) is 0 Å². The van der Waals surface area contributed by atoms with E-state index in [-0.39, 0.29) is 122 Å². The van der Waals surface area contributed by atoms with E-state index >= 15 is 0 Å². The number of hydrogen-bond donors (Lipinski definition) is 19. The van der Waals surface area contributed by atoms with E-state index < -0.39 is 176 Å². The summed E-state index contributed by atoms with van der Waals surface area (Å²) in [4.78, 5) is 194. The van der Waals surface area contributed by atoms with Crippen LogP contribution in [-0.4, -0.2) is 232 Å². The van der Waals surface area contributed by atoms with Gasteiger partial charge in [-0.1, -0.05) is 0 Å². The normalized spacial score (nSPS) is 16.7. The minimum atomic E-state index is -1.88. The lowest BCUT2D eigenvalue weighted by Gasteiger charge is -2.31. The van der Waals surface area contributed by atoms with Crippen LogP contribution in [0, 0.1) is 0 Å². The predicted octanol–water partition coefficient (Wildman–Crippen LogP) is -8.30. The molecule has 0 aromatic rings. The van der Waals surface area contributed by atoms with E-state index in [4.69, 9.17) is 40.1 Å². The number of unbranched alkanes of at least 4 members (excludes halogenated alkanes) is 2. The van der Waals surface area contributed by atoms with Crippen molar-refractivity contribution in [1.82, 2.24) is 52.3 Å². The molecule has 0 spiro atoms. The van der Waals surface area contributed by atoms with Crippen LogP contribution in [0.5, 0.6) is 0 Å². The molecule has 37 nitrogen and oxygen atoms in total. The van der Waals surface area contributed by atoms with Crippen molar-refractivity contribution in [2.24, 2.45) is 50.1 Å². The maximum Gasteiger partial charge on any atom is 0.326 e. The van der Waals surface area contributed by atoms with E-state index in [2.05, 4.69) is 52.5 Å². The van der Waals surface area contributed by atoms with E-state index in [9.17, 15) is 87.5 Å². The summed E-state index contributed by atoms with van der Waals surface area (Å²) >= 11 is 0. The van der Waals surface area contributed by atoms with Gasteiger partial charge in [0.1, 0.15) is 54.4 Å². The van der Waals surface area contributed by atoms with Gasteiger partial charge >= 0.3 is 23.9 Å². The third-order valence-electron chi connectivity index (χ3n) is 13.9. The van der Waals surface area contributed by atoms with Crippen LogP contribution in [0.2, 0.25) is 0 Å². The second kappa shape index (κ2) is 39.6. The van der Waals surface area contributed by atoms with Crippen molar-refractivity contribution in [2.45, 2.75) is 170 Å². The molecule has 10 amide bonds. The number of hydrogen-bond acceptors (Lipinski definition) is 19. The number of guanidine groups is 2. The summed E-state index contributed by atoms with van der Waals surface area (Å²) in [6, 6.07) is -13.4. The quantitative estimate of drug-likeness (QED) is 0.0153. The number of aliphatic imine (C=N–C) groups is 2. The molecule has 26 N–H and O–H groups in total. The number of carbonyl (C=O) groups excluding carboxylic acids is 10. The summed E-state index contributed by atoms with van der Waals surface area (Å²) < 4.78 is 0. The largest absolute Gasteiger partial charge is 0.481 e. The van der Waals surface area contributed by atoms with E-state index in [1.165, 1.54) is 0 Å². The zero-order valence-electron chi connectivity index (χ0n) is 48.9. The lowest BCUT2D eigenvalue weighted by Crippen LogP contribution is -2.59. The van der Waals surface area contributed by atoms with Gasteiger partial charge in [-0.3, -0.25) is 72.3 Å². The summed E-state index contributed by atoms with van der Waals surface area (Å²) in [6.45, 7) is -1.21. The Labute approximate surface area is 506 Å². The van der Waals surface area contributed by atoms with Crippen LogP contribution < -0.4 is 82.7 Å². The number of amides is 10. The molecule has 2 aliphatic rings. The Morgan fingerprint density at radius 3 is 1.26 bits per heavy atom. The van der Waals surface area contributed by atoms with Crippen LogP contribution in [0.1, 0.15) is 116 Å². The highest BCUT2D eigenvalue weighted by molar-refractivity contribution is 5.99.